The predicted molar refractivity (Wildman–Crippen MR) is 173 cm³/mol. The van der Waals surface area contributed by atoms with Gasteiger partial charge in [-0.1, -0.05) is 29.3 Å². The van der Waals surface area contributed by atoms with Crippen LogP contribution < -0.4 is 5.32 Å². The zero-order valence-electron chi connectivity index (χ0n) is 25.1. The molecule has 2 aromatic rings. The van der Waals surface area contributed by atoms with E-state index in [0.717, 1.165) is 55.8 Å². The van der Waals surface area contributed by atoms with Crippen LogP contribution in [0.25, 0.3) is 0 Å². The number of nitrogens with one attached hydrogen (secondary N) is 1. The average Bonchev–Trinajstić information content (AvgIpc) is 3.49. The number of nitrogens with zero attached hydrogens (tertiary/aromatic N) is 5. The Morgan fingerprint density at radius 2 is 1.61 bits per heavy atom. The zero-order valence-corrected chi connectivity index (χ0v) is 27.4. The SMILES string of the molecule is CN1CCN(C2CCN(C(=O)[C@@H](Cc3ccc(Cl)c(Cl)c3)OC(=O)N3CCC(N4Cc5cscc5NC4=O)CC3)CC2)CC1. The summed E-state index contributed by atoms with van der Waals surface area (Å²) in [6.07, 6.45) is 1.86. The quantitative estimate of drug-likeness (QED) is 0.476. The van der Waals surface area contributed by atoms with Crippen molar-refractivity contribution in [1.82, 2.24) is 24.5 Å². The minimum absolute atomic E-state index is 0.0299. The number of benzene rings is 1. The van der Waals surface area contributed by atoms with Crippen LogP contribution in [0, 0.1) is 0 Å². The maximum Gasteiger partial charge on any atom is 0.410 e. The largest absolute Gasteiger partial charge is 0.436 e. The van der Waals surface area contributed by atoms with Crippen LogP contribution in [-0.2, 0) is 22.5 Å². The van der Waals surface area contributed by atoms with Gasteiger partial charge in [-0.05, 0) is 55.8 Å². The Labute approximate surface area is 272 Å². The van der Waals surface area contributed by atoms with E-state index in [0.29, 0.717) is 61.7 Å². The number of rotatable bonds is 6. The lowest BCUT2D eigenvalue weighted by Gasteiger charge is -2.42. The van der Waals surface area contributed by atoms with Crippen molar-refractivity contribution in [3.05, 3.63) is 50.1 Å². The lowest BCUT2D eigenvalue weighted by Crippen LogP contribution is -2.54. The highest BCUT2D eigenvalue weighted by atomic mass is 35.5. The van der Waals surface area contributed by atoms with Crippen LogP contribution in [0.15, 0.2) is 29.0 Å². The second-order valence-electron chi connectivity index (χ2n) is 12.3. The van der Waals surface area contributed by atoms with Crippen molar-refractivity contribution in [1.29, 1.82) is 0 Å². The fourth-order valence-corrected chi connectivity index (χ4v) is 7.85. The number of fused-ring (bicyclic) bond motifs is 1. The first-order valence-corrected chi connectivity index (χ1v) is 17.2. The molecule has 1 N–H and O–H groups in total. The molecule has 0 bridgehead atoms. The van der Waals surface area contributed by atoms with Crippen molar-refractivity contribution in [3.8, 4) is 0 Å². The van der Waals surface area contributed by atoms with Gasteiger partial charge in [-0.15, -0.1) is 11.3 Å². The molecule has 238 valence electrons. The molecule has 6 rings (SSSR count). The minimum Gasteiger partial charge on any atom is -0.436 e. The first-order chi connectivity index (χ1) is 21.2. The van der Waals surface area contributed by atoms with Gasteiger partial charge in [-0.3, -0.25) is 9.69 Å². The Bertz CT molecular complexity index is 1350. The van der Waals surface area contributed by atoms with Crippen molar-refractivity contribution >= 4 is 58.3 Å². The number of urea groups is 1. The fraction of sp³-hybridized carbons (Fsp3) is 0.581. The van der Waals surface area contributed by atoms with E-state index < -0.39 is 12.2 Å². The van der Waals surface area contributed by atoms with E-state index in [1.54, 1.807) is 28.4 Å². The molecule has 3 fully saturated rings. The van der Waals surface area contributed by atoms with Crippen LogP contribution in [0.2, 0.25) is 10.0 Å². The Balaban J connectivity index is 1.07. The van der Waals surface area contributed by atoms with E-state index in [1.807, 2.05) is 21.2 Å². The summed E-state index contributed by atoms with van der Waals surface area (Å²) in [5.41, 5.74) is 2.78. The summed E-state index contributed by atoms with van der Waals surface area (Å²) >= 11 is 14.0. The van der Waals surface area contributed by atoms with E-state index in [4.69, 9.17) is 27.9 Å². The van der Waals surface area contributed by atoms with Crippen molar-refractivity contribution in [2.75, 3.05) is 64.7 Å². The molecule has 10 nitrogen and oxygen atoms in total. The second-order valence-corrected chi connectivity index (χ2v) is 13.9. The number of hydrogen-bond acceptors (Lipinski definition) is 7. The van der Waals surface area contributed by atoms with Gasteiger partial charge in [-0.2, -0.15) is 0 Å². The molecule has 13 heteroatoms. The first-order valence-electron chi connectivity index (χ1n) is 15.5. The number of likely N-dealkylation sites (tertiary alicyclic amines) is 2. The third kappa shape index (κ3) is 7.12. The second kappa shape index (κ2) is 13.8. The van der Waals surface area contributed by atoms with Crippen molar-refractivity contribution in [3.63, 3.8) is 0 Å². The Kier molecular flexibility index (Phi) is 9.87. The Hall–Kier alpha value is -2.57. The molecule has 0 spiro atoms. The molecule has 1 aromatic heterocycles. The molecule has 0 saturated carbocycles. The molecule has 1 atom stereocenters. The van der Waals surface area contributed by atoms with Gasteiger partial charge in [0.25, 0.3) is 5.91 Å². The highest BCUT2D eigenvalue weighted by molar-refractivity contribution is 7.08. The van der Waals surface area contributed by atoms with Gasteiger partial charge in [0.2, 0.25) is 0 Å². The van der Waals surface area contributed by atoms with Gasteiger partial charge in [0.1, 0.15) is 0 Å². The van der Waals surface area contributed by atoms with E-state index in [2.05, 4.69) is 27.5 Å². The number of anilines is 1. The van der Waals surface area contributed by atoms with Gasteiger partial charge in [0.05, 0.1) is 22.3 Å². The van der Waals surface area contributed by atoms with Gasteiger partial charge in [0.15, 0.2) is 6.10 Å². The number of ether oxygens (including phenoxy) is 1. The Morgan fingerprint density at radius 1 is 0.932 bits per heavy atom. The van der Waals surface area contributed by atoms with E-state index in [1.165, 1.54) is 0 Å². The van der Waals surface area contributed by atoms with Gasteiger partial charge in [-0.25, -0.2) is 9.59 Å². The molecule has 0 aliphatic carbocycles. The highest BCUT2D eigenvalue weighted by Crippen LogP contribution is 2.31. The molecule has 4 aliphatic heterocycles. The smallest absolute Gasteiger partial charge is 0.410 e. The molecule has 4 amide bonds. The van der Waals surface area contributed by atoms with Crippen molar-refractivity contribution < 1.29 is 19.1 Å². The lowest BCUT2D eigenvalue weighted by molar-refractivity contribution is -0.142. The lowest BCUT2D eigenvalue weighted by atomic mass is 10.0. The van der Waals surface area contributed by atoms with Crippen LogP contribution in [0.3, 0.4) is 0 Å². The van der Waals surface area contributed by atoms with Gasteiger partial charge >= 0.3 is 12.1 Å². The number of piperazine rings is 1. The standard InChI is InChI=1S/C31H40Cl2N6O4S/c1-35-12-14-36(15-13-35)23-4-8-37(9-5-23)29(40)28(17-21-2-3-25(32)26(33)16-21)43-31(42)38-10-6-24(7-11-38)39-18-22-19-44-20-27(22)34-30(39)41/h2-3,16,19-20,23-24,28H,4-15,17-18H2,1H3,(H,34,41)/t28-/m1/s1. The molecule has 0 radical (unpaired) electrons. The summed E-state index contributed by atoms with van der Waals surface area (Å²) in [5, 5.41) is 7.82. The van der Waals surface area contributed by atoms with Crippen molar-refractivity contribution in [2.45, 2.75) is 56.8 Å². The summed E-state index contributed by atoms with van der Waals surface area (Å²) in [6.45, 7) is 7.01. The van der Waals surface area contributed by atoms with Gasteiger partial charge < -0.3 is 29.7 Å². The number of likely N-dealkylation sites (N-methyl/N-ethyl adjacent to an activating group) is 1. The number of halogens is 2. The molecule has 5 heterocycles. The van der Waals surface area contributed by atoms with E-state index in [9.17, 15) is 14.4 Å². The van der Waals surface area contributed by atoms with Crippen LogP contribution in [0.4, 0.5) is 15.3 Å². The number of amides is 4. The highest BCUT2D eigenvalue weighted by Gasteiger charge is 2.37. The average molecular weight is 664 g/mol. The summed E-state index contributed by atoms with van der Waals surface area (Å²) in [5.74, 6) is -0.173. The molecule has 1 aromatic carbocycles. The van der Waals surface area contributed by atoms with Crippen LogP contribution in [-0.4, -0.2) is 120 Å². The molecule has 3 saturated heterocycles. The molecule has 4 aliphatic rings. The first kappa shape index (κ1) is 31.4. The van der Waals surface area contributed by atoms with E-state index >= 15 is 0 Å². The summed E-state index contributed by atoms with van der Waals surface area (Å²) in [4.78, 5) is 50.3. The number of carbonyl (C=O) groups is 3. The third-order valence-corrected chi connectivity index (χ3v) is 11.0. The normalized spacial score (nSPS) is 21.6. The zero-order chi connectivity index (χ0) is 30.8. The molecule has 44 heavy (non-hydrogen) atoms. The summed E-state index contributed by atoms with van der Waals surface area (Å²) in [7, 11) is 2.16. The number of piperidine rings is 2. The van der Waals surface area contributed by atoms with Crippen LogP contribution >= 0.6 is 34.5 Å². The maximum absolute atomic E-state index is 13.9. The number of hydrogen-bond donors (Lipinski definition) is 1. The molecular weight excluding hydrogens is 623 g/mol. The summed E-state index contributed by atoms with van der Waals surface area (Å²) < 4.78 is 5.98. The number of thiophene rings is 1. The van der Waals surface area contributed by atoms with Crippen LogP contribution in [0.1, 0.15) is 36.8 Å². The van der Waals surface area contributed by atoms with Gasteiger partial charge in [0, 0.05) is 81.8 Å². The predicted octanol–water partition coefficient (Wildman–Crippen LogP) is 4.85. The molecule has 0 unspecified atom stereocenters. The Morgan fingerprint density at radius 3 is 2.32 bits per heavy atom. The molecular formula is C31H40Cl2N6O4S. The summed E-state index contributed by atoms with van der Waals surface area (Å²) in [6, 6.07) is 5.65. The van der Waals surface area contributed by atoms with E-state index in [-0.39, 0.29) is 24.4 Å². The fourth-order valence-electron chi connectivity index (χ4n) is 6.75. The maximum atomic E-state index is 13.9. The number of carbonyl (C=O) groups excluding carboxylic acids is 3. The van der Waals surface area contributed by atoms with Crippen molar-refractivity contribution in [2.24, 2.45) is 0 Å². The monoisotopic (exact) mass is 662 g/mol. The third-order valence-electron chi connectivity index (χ3n) is 9.50. The minimum atomic E-state index is -0.970. The topological polar surface area (TPSA) is 88.7 Å². The van der Waals surface area contributed by atoms with Crippen LogP contribution in [0.5, 0.6) is 0 Å².